The van der Waals surface area contributed by atoms with Crippen molar-refractivity contribution < 1.29 is 14.7 Å². The molecule has 76 valence electrons. The Kier molecular flexibility index (Phi) is 5.06. The first-order valence-corrected chi connectivity index (χ1v) is 4.25. The van der Waals surface area contributed by atoms with Gasteiger partial charge in [0.25, 0.3) is 0 Å². The highest BCUT2D eigenvalue weighted by molar-refractivity contribution is 5.81. The van der Waals surface area contributed by atoms with Gasteiger partial charge in [0.15, 0.2) is 0 Å². The smallest absolute Gasteiger partial charge is 0.305 e. The Hall–Kier alpha value is -1.10. The average Bonchev–Trinajstić information content (AvgIpc) is 2.02. The van der Waals surface area contributed by atoms with E-state index in [2.05, 4.69) is 5.32 Å². The zero-order chi connectivity index (χ0) is 10.4. The minimum Gasteiger partial charge on any atom is -0.481 e. The van der Waals surface area contributed by atoms with Gasteiger partial charge in [-0.3, -0.25) is 9.59 Å². The third kappa shape index (κ3) is 5.19. The summed E-state index contributed by atoms with van der Waals surface area (Å²) in [5.41, 5.74) is 5.31. The number of aliphatic carboxylic acids is 1. The molecule has 5 nitrogen and oxygen atoms in total. The molecule has 1 unspecified atom stereocenters. The standard InChI is InChI=1S/C8H16N2O3/c1-3-6(4-7(11)12)10-8(13)5(2)9/h5-6H,3-4,9H2,1-2H3,(H,10,13)(H,11,12)/t5-,6?/m1/s1. The molecule has 0 aromatic carbocycles. The number of amides is 1. The summed E-state index contributed by atoms with van der Waals surface area (Å²) >= 11 is 0. The zero-order valence-electron chi connectivity index (χ0n) is 7.91. The van der Waals surface area contributed by atoms with Gasteiger partial charge in [0.2, 0.25) is 5.91 Å². The molecule has 0 saturated heterocycles. The Labute approximate surface area is 77.3 Å². The topological polar surface area (TPSA) is 92.4 Å². The summed E-state index contributed by atoms with van der Waals surface area (Å²) in [4.78, 5) is 21.4. The first-order chi connectivity index (χ1) is 5.97. The summed E-state index contributed by atoms with van der Waals surface area (Å²) in [5.74, 6) is -1.23. The van der Waals surface area contributed by atoms with E-state index < -0.39 is 12.0 Å². The fraction of sp³-hybridized carbons (Fsp3) is 0.750. The lowest BCUT2D eigenvalue weighted by Crippen LogP contribution is -2.44. The summed E-state index contributed by atoms with van der Waals surface area (Å²) in [7, 11) is 0. The van der Waals surface area contributed by atoms with Crippen LogP contribution in [0.25, 0.3) is 0 Å². The van der Waals surface area contributed by atoms with Crippen LogP contribution >= 0.6 is 0 Å². The van der Waals surface area contributed by atoms with Gasteiger partial charge in [0.1, 0.15) is 0 Å². The van der Waals surface area contributed by atoms with Gasteiger partial charge in [-0.25, -0.2) is 0 Å². The van der Waals surface area contributed by atoms with Crippen molar-refractivity contribution in [2.24, 2.45) is 5.73 Å². The molecule has 2 atom stereocenters. The molecule has 0 fully saturated rings. The third-order valence-electron chi connectivity index (χ3n) is 1.67. The normalized spacial score (nSPS) is 14.7. The number of nitrogens with one attached hydrogen (secondary N) is 1. The van der Waals surface area contributed by atoms with Crippen LogP contribution in [0.2, 0.25) is 0 Å². The van der Waals surface area contributed by atoms with Crippen molar-refractivity contribution >= 4 is 11.9 Å². The van der Waals surface area contributed by atoms with E-state index >= 15 is 0 Å². The fourth-order valence-electron chi connectivity index (χ4n) is 0.841. The van der Waals surface area contributed by atoms with E-state index in [0.717, 1.165) is 0 Å². The second-order valence-corrected chi connectivity index (χ2v) is 3.00. The third-order valence-corrected chi connectivity index (χ3v) is 1.67. The summed E-state index contributed by atoms with van der Waals surface area (Å²) < 4.78 is 0. The van der Waals surface area contributed by atoms with Crippen molar-refractivity contribution in [3.05, 3.63) is 0 Å². The van der Waals surface area contributed by atoms with Crippen LogP contribution in [0.4, 0.5) is 0 Å². The van der Waals surface area contributed by atoms with Crippen LogP contribution in [-0.2, 0) is 9.59 Å². The molecule has 4 N–H and O–H groups in total. The molecule has 0 aliphatic heterocycles. The average molecular weight is 188 g/mol. The molecular weight excluding hydrogens is 172 g/mol. The van der Waals surface area contributed by atoms with E-state index in [4.69, 9.17) is 10.8 Å². The monoisotopic (exact) mass is 188 g/mol. The summed E-state index contributed by atoms with van der Waals surface area (Å²) in [6.45, 7) is 3.37. The molecule has 0 aliphatic carbocycles. The number of carbonyl (C=O) groups is 2. The van der Waals surface area contributed by atoms with E-state index in [1.807, 2.05) is 6.92 Å². The van der Waals surface area contributed by atoms with E-state index in [1.54, 1.807) is 6.92 Å². The number of carboxylic acids is 1. The van der Waals surface area contributed by atoms with Crippen molar-refractivity contribution in [2.45, 2.75) is 38.8 Å². The quantitative estimate of drug-likeness (QED) is 0.552. The number of hydrogen-bond acceptors (Lipinski definition) is 3. The lowest BCUT2D eigenvalue weighted by atomic mass is 10.1. The minimum atomic E-state index is -0.920. The molecule has 0 heterocycles. The molecule has 0 rings (SSSR count). The summed E-state index contributed by atoms with van der Waals surface area (Å²) in [5, 5.41) is 11.0. The van der Waals surface area contributed by atoms with Crippen molar-refractivity contribution in [2.75, 3.05) is 0 Å². The van der Waals surface area contributed by atoms with Gasteiger partial charge >= 0.3 is 5.97 Å². The van der Waals surface area contributed by atoms with Gasteiger partial charge < -0.3 is 16.2 Å². The Balaban J connectivity index is 3.97. The maximum absolute atomic E-state index is 11.1. The fourth-order valence-corrected chi connectivity index (χ4v) is 0.841. The molecule has 5 heteroatoms. The molecule has 0 aromatic heterocycles. The van der Waals surface area contributed by atoms with E-state index in [1.165, 1.54) is 0 Å². The number of carbonyl (C=O) groups excluding carboxylic acids is 1. The van der Waals surface area contributed by atoms with Crippen molar-refractivity contribution in [1.29, 1.82) is 0 Å². The van der Waals surface area contributed by atoms with Crippen molar-refractivity contribution in [3.63, 3.8) is 0 Å². The van der Waals surface area contributed by atoms with Gasteiger partial charge in [0, 0.05) is 6.04 Å². The van der Waals surface area contributed by atoms with E-state index in [9.17, 15) is 9.59 Å². The Morgan fingerprint density at radius 1 is 1.54 bits per heavy atom. The molecule has 13 heavy (non-hydrogen) atoms. The van der Waals surface area contributed by atoms with Crippen LogP contribution in [0.15, 0.2) is 0 Å². The SMILES string of the molecule is CCC(CC(=O)O)NC(=O)[C@@H](C)N. The second kappa shape index (κ2) is 5.53. The predicted molar refractivity (Wildman–Crippen MR) is 48.1 cm³/mol. The first kappa shape index (κ1) is 11.9. The number of rotatable bonds is 5. The van der Waals surface area contributed by atoms with E-state index in [0.29, 0.717) is 6.42 Å². The second-order valence-electron chi connectivity index (χ2n) is 3.00. The number of carboxylic acid groups (broad SMARTS) is 1. The van der Waals surface area contributed by atoms with Gasteiger partial charge in [-0.15, -0.1) is 0 Å². The maximum Gasteiger partial charge on any atom is 0.305 e. The lowest BCUT2D eigenvalue weighted by Gasteiger charge is -2.16. The van der Waals surface area contributed by atoms with Crippen LogP contribution in [-0.4, -0.2) is 29.1 Å². The largest absolute Gasteiger partial charge is 0.481 e. The minimum absolute atomic E-state index is 0.0606. The Bertz CT molecular complexity index is 192. The number of hydrogen-bond donors (Lipinski definition) is 3. The Morgan fingerprint density at radius 2 is 2.08 bits per heavy atom. The van der Waals surface area contributed by atoms with Crippen LogP contribution in [0.5, 0.6) is 0 Å². The first-order valence-electron chi connectivity index (χ1n) is 4.25. The zero-order valence-corrected chi connectivity index (χ0v) is 7.91. The molecule has 0 spiro atoms. The van der Waals surface area contributed by atoms with Crippen LogP contribution < -0.4 is 11.1 Å². The lowest BCUT2D eigenvalue weighted by molar-refractivity contribution is -0.137. The van der Waals surface area contributed by atoms with Gasteiger partial charge in [-0.2, -0.15) is 0 Å². The van der Waals surface area contributed by atoms with Crippen molar-refractivity contribution in [3.8, 4) is 0 Å². The Morgan fingerprint density at radius 3 is 2.38 bits per heavy atom. The summed E-state index contributed by atoms with van der Waals surface area (Å²) in [6, 6.07) is -0.918. The van der Waals surface area contributed by atoms with Crippen LogP contribution in [0.1, 0.15) is 26.7 Å². The molecular formula is C8H16N2O3. The molecule has 0 aliphatic rings. The molecule has 0 radical (unpaired) electrons. The van der Waals surface area contributed by atoms with Gasteiger partial charge in [0.05, 0.1) is 12.5 Å². The van der Waals surface area contributed by atoms with Gasteiger partial charge in [-0.1, -0.05) is 6.92 Å². The highest BCUT2D eigenvalue weighted by atomic mass is 16.4. The highest BCUT2D eigenvalue weighted by Gasteiger charge is 2.15. The van der Waals surface area contributed by atoms with Crippen LogP contribution in [0, 0.1) is 0 Å². The van der Waals surface area contributed by atoms with E-state index in [-0.39, 0.29) is 18.4 Å². The maximum atomic E-state index is 11.1. The molecule has 0 bridgehead atoms. The van der Waals surface area contributed by atoms with Crippen LogP contribution in [0.3, 0.4) is 0 Å². The highest BCUT2D eigenvalue weighted by Crippen LogP contribution is 1.97. The molecule has 0 saturated carbocycles. The summed E-state index contributed by atoms with van der Waals surface area (Å²) in [6.07, 6.45) is 0.528. The number of nitrogens with two attached hydrogens (primary N) is 1. The molecule has 1 amide bonds. The predicted octanol–water partition coefficient (Wildman–Crippen LogP) is -0.297. The molecule has 0 aromatic rings. The van der Waals surface area contributed by atoms with Gasteiger partial charge in [-0.05, 0) is 13.3 Å². The van der Waals surface area contributed by atoms with Crippen molar-refractivity contribution in [1.82, 2.24) is 5.32 Å².